The Bertz CT molecular complexity index is 770. The first-order chi connectivity index (χ1) is 10.3. The Kier molecular flexibility index (Phi) is 3.95. The zero-order chi connectivity index (χ0) is 16.5. The molecule has 114 valence electrons. The Balaban J connectivity index is 2.81. The van der Waals surface area contributed by atoms with E-state index in [1.54, 1.807) is 0 Å². The predicted molar refractivity (Wildman–Crippen MR) is 71.8 cm³/mol. The van der Waals surface area contributed by atoms with Crippen LogP contribution in [-0.2, 0) is 12.6 Å². The number of aromatic carboxylic acids is 1. The highest BCUT2D eigenvalue weighted by molar-refractivity contribution is 5.87. The summed E-state index contributed by atoms with van der Waals surface area (Å²) in [6, 6.07) is 8.30. The minimum atomic E-state index is -4.65. The first-order valence-electron chi connectivity index (χ1n) is 6.35. The number of carboxylic acids is 1. The normalized spacial score (nSPS) is 11.2. The Morgan fingerprint density at radius 1 is 1.36 bits per heavy atom. The van der Waals surface area contributed by atoms with E-state index in [2.05, 4.69) is 0 Å². The molecule has 0 radical (unpaired) electrons. The van der Waals surface area contributed by atoms with E-state index in [1.807, 2.05) is 6.07 Å². The van der Waals surface area contributed by atoms with Crippen LogP contribution in [0.2, 0.25) is 0 Å². The van der Waals surface area contributed by atoms with Crippen LogP contribution in [-0.4, -0.2) is 15.6 Å². The summed E-state index contributed by atoms with van der Waals surface area (Å²) in [5, 5.41) is 18.1. The molecule has 4 nitrogen and oxygen atoms in total. The highest BCUT2D eigenvalue weighted by atomic mass is 19.4. The second-order valence-electron chi connectivity index (χ2n) is 4.54. The topological polar surface area (TPSA) is 66.0 Å². The van der Waals surface area contributed by atoms with Crippen LogP contribution >= 0.6 is 0 Å². The molecule has 0 saturated carbocycles. The van der Waals surface area contributed by atoms with E-state index in [9.17, 15) is 23.1 Å². The number of alkyl halides is 3. The molecule has 2 aromatic rings. The maximum atomic E-state index is 13.1. The molecule has 1 aromatic heterocycles. The molecule has 0 fully saturated rings. The van der Waals surface area contributed by atoms with E-state index < -0.39 is 23.4 Å². The van der Waals surface area contributed by atoms with Crippen molar-refractivity contribution in [2.45, 2.75) is 19.5 Å². The van der Waals surface area contributed by atoms with E-state index in [1.165, 1.54) is 31.2 Å². The van der Waals surface area contributed by atoms with E-state index in [0.717, 1.165) is 4.57 Å². The minimum Gasteiger partial charge on any atom is -0.477 e. The third-order valence-corrected chi connectivity index (χ3v) is 3.20. The van der Waals surface area contributed by atoms with Crippen molar-refractivity contribution >= 4 is 5.97 Å². The molecule has 0 aliphatic heterocycles. The lowest BCUT2D eigenvalue weighted by Gasteiger charge is -2.13. The van der Waals surface area contributed by atoms with Gasteiger partial charge in [-0.15, -0.1) is 0 Å². The van der Waals surface area contributed by atoms with Gasteiger partial charge < -0.3 is 9.67 Å². The van der Waals surface area contributed by atoms with Gasteiger partial charge in [-0.1, -0.05) is 13.0 Å². The predicted octanol–water partition coefficient (Wildman–Crippen LogP) is 3.63. The molecule has 0 unspecified atom stereocenters. The maximum Gasteiger partial charge on any atom is 0.418 e. The zero-order valence-electron chi connectivity index (χ0n) is 11.5. The first-order valence-corrected chi connectivity index (χ1v) is 6.35. The Morgan fingerprint density at radius 2 is 2.05 bits per heavy atom. The Hall–Kier alpha value is -2.75. The van der Waals surface area contributed by atoms with Gasteiger partial charge in [-0.25, -0.2) is 4.79 Å². The zero-order valence-corrected chi connectivity index (χ0v) is 11.5. The monoisotopic (exact) mass is 308 g/mol. The van der Waals surface area contributed by atoms with Crippen LogP contribution in [0.1, 0.15) is 34.2 Å². The van der Waals surface area contributed by atoms with Crippen LogP contribution in [0.3, 0.4) is 0 Å². The number of nitriles is 1. The van der Waals surface area contributed by atoms with Crippen LogP contribution in [0.25, 0.3) is 5.69 Å². The molecule has 0 amide bonds. The minimum absolute atomic E-state index is 0.00109. The highest BCUT2D eigenvalue weighted by Gasteiger charge is 2.37. The Morgan fingerprint density at radius 3 is 2.55 bits per heavy atom. The molecular weight excluding hydrogens is 297 g/mol. The molecule has 0 atom stereocenters. The molecule has 0 bridgehead atoms. The van der Waals surface area contributed by atoms with Gasteiger partial charge in [0, 0.05) is 11.4 Å². The molecule has 1 N–H and O–H groups in total. The lowest BCUT2D eigenvalue weighted by molar-refractivity contribution is -0.138. The lowest BCUT2D eigenvalue weighted by atomic mass is 10.2. The van der Waals surface area contributed by atoms with Crippen molar-refractivity contribution in [2.75, 3.05) is 0 Å². The van der Waals surface area contributed by atoms with Gasteiger partial charge in [0.15, 0.2) is 0 Å². The van der Waals surface area contributed by atoms with Crippen molar-refractivity contribution in [3.05, 3.63) is 52.8 Å². The van der Waals surface area contributed by atoms with Crippen molar-refractivity contribution in [1.29, 1.82) is 5.26 Å². The molecule has 0 spiro atoms. The van der Waals surface area contributed by atoms with Crippen molar-refractivity contribution in [3.63, 3.8) is 0 Å². The second kappa shape index (κ2) is 5.56. The molecule has 2 rings (SSSR count). The van der Waals surface area contributed by atoms with Crippen LogP contribution in [0.15, 0.2) is 30.3 Å². The van der Waals surface area contributed by atoms with E-state index in [4.69, 9.17) is 5.26 Å². The summed E-state index contributed by atoms with van der Waals surface area (Å²) in [5.74, 6) is -1.47. The SMILES string of the molecule is CCc1c(C(F)(F)F)cc(C(=O)O)n1-c1cccc(C#N)c1. The van der Waals surface area contributed by atoms with E-state index in [-0.39, 0.29) is 23.4 Å². The van der Waals surface area contributed by atoms with E-state index >= 15 is 0 Å². The maximum absolute atomic E-state index is 13.1. The van der Waals surface area contributed by atoms with Crippen LogP contribution in [0.4, 0.5) is 13.2 Å². The molecule has 22 heavy (non-hydrogen) atoms. The summed E-state index contributed by atoms with van der Waals surface area (Å²) >= 11 is 0. The average molecular weight is 308 g/mol. The number of hydrogen-bond donors (Lipinski definition) is 1. The Labute approximate surface area is 124 Å². The third-order valence-electron chi connectivity index (χ3n) is 3.20. The molecule has 1 aromatic carbocycles. The van der Waals surface area contributed by atoms with Crippen molar-refractivity contribution in [1.82, 2.24) is 4.57 Å². The largest absolute Gasteiger partial charge is 0.477 e. The molecule has 0 aliphatic rings. The van der Waals surface area contributed by atoms with Gasteiger partial charge in [0.25, 0.3) is 0 Å². The fourth-order valence-corrected chi connectivity index (χ4v) is 2.31. The summed E-state index contributed by atoms with van der Waals surface area (Å²) in [5.41, 5.74) is -1.17. The van der Waals surface area contributed by atoms with Gasteiger partial charge in [-0.3, -0.25) is 0 Å². The van der Waals surface area contributed by atoms with E-state index in [0.29, 0.717) is 6.07 Å². The first kappa shape index (κ1) is 15.6. The summed E-state index contributed by atoms with van der Waals surface area (Å²) in [7, 11) is 0. The number of halogens is 3. The smallest absolute Gasteiger partial charge is 0.418 e. The summed E-state index contributed by atoms with van der Waals surface area (Å²) in [4.78, 5) is 11.3. The summed E-state index contributed by atoms with van der Waals surface area (Å²) < 4.78 is 40.3. The standard InChI is InChI=1S/C15H11F3N2O2/c1-2-12-11(15(16,17)18)7-13(14(21)22)20(12)10-5-3-4-9(6-10)8-19/h3-7H,2H2,1H3,(H,21,22). The molecule has 0 aliphatic carbocycles. The third kappa shape index (κ3) is 2.68. The number of benzene rings is 1. The summed E-state index contributed by atoms with van der Waals surface area (Å²) in [6.45, 7) is 1.51. The van der Waals surface area contributed by atoms with Crippen LogP contribution < -0.4 is 0 Å². The van der Waals surface area contributed by atoms with Crippen molar-refractivity contribution < 1.29 is 23.1 Å². The fraction of sp³-hybridized carbons (Fsp3) is 0.200. The number of carbonyl (C=O) groups is 1. The summed E-state index contributed by atoms with van der Waals surface area (Å²) in [6.07, 6.45) is -4.65. The molecule has 0 saturated heterocycles. The van der Waals surface area contributed by atoms with Gasteiger partial charge >= 0.3 is 12.1 Å². The quantitative estimate of drug-likeness (QED) is 0.941. The van der Waals surface area contributed by atoms with Gasteiger partial charge in [0.05, 0.1) is 17.2 Å². The molecular formula is C15H11F3N2O2. The highest BCUT2D eigenvalue weighted by Crippen LogP contribution is 2.36. The number of hydrogen-bond acceptors (Lipinski definition) is 2. The average Bonchev–Trinajstić information content (AvgIpc) is 2.87. The van der Waals surface area contributed by atoms with Gasteiger partial charge in [0.2, 0.25) is 0 Å². The number of aromatic nitrogens is 1. The van der Waals surface area contributed by atoms with Crippen LogP contribution in [0, 0.1) is 11.3 Å². The number of nitrogens with zero attached hydrogens (tertiary/aromatic N) is 2. The van der Waals surface area contributed by atoms with Crippen molar-refractivity contribution in [3.8, 4) is 11.8 Å². The second-order valence-corrected chi connectivity index (χ2v) is 4.54. The van der Waals surface area contributed by atoms with Gasteiger partial charge in [0.1, 0.15) is 5.69 Å². The van der Waals surface area contributed by atoms with Crippen LogP contribution in [0.5, 0.6) is 0 Å². The van der Waals surface area contributed by atoms with Gasteiger partial charge in [-0.2, -0.15) is 18.4 Å². The number of carboxylic acid groups (broad SMARTS) is 1. The van der Waals surface area contributed by atoms with Gasteiger partial charge in [-0.05, 0) is 30.7 Å². The fourth-order valence-electron chi connectivity index (χ4n) is 2.31. The van der Waals surface area contributed by atoms with Crippen molar-refractivity contribution in [2.24, 2.45) is 0 Å². The lowest BCUT2D eigenvalue weighted by Crippen LogP contribution is -2.11. The number of rotatable bonds is 3. The molecule has 7 heteroatoms. The molecule has 1 heterocycles.